The Morgan fingerprint density at radius 3 is 3.00 bits per heavy atom. The van der Waals surface area contributed by atoms with Gasteiger partial charge in [-0.15, -0.1) is 0 Å². The minimum Gasteiger partial charge on any atom is -0.447 e. The van der Waals surface area contributed by atoms with Crippen LogP contribution in [0.3, 0.4) is 0 Å². The van der Waals surface area contributed by atoms with Gasteiger partial charge in [-0.05, 0) is 18.2 Å². The third-order valence-corrected chi connectivity index (χ3v) is 1.65. The van der Waals surface area contributed by atoms with Crippen LogP contribution in [0.25, 0.3) is 0 Å². The zero-order valence-corrected chi connectivity index (χ0v) is 8.81. The molecule has 5 nitrogen and oxygen atoms in total. The Kier molecular flexibility index (Phi) is 5.98. The molecule has 1 rings (SSSR count). The third-order valence-electron chi connectivity index (χ3n) is 1.65. The van der Waals surface area contributed by atoms with E-state index in [1.54, 1.807) is 24.3 Å². The number of anilines is 1. The largest absolute Gasteiger partial charge is 0.447 e. The monoisotopic (exact) mass is 224 g/mol. The molecule has 0 aliphatic carbocycles. The lowest BCUT2D eigenvalue weighted by molar-refractivity contribution is 0.0572. The predicted octanol–water partition coefficient (Wildman–Crippen LogP) is 1.04. The van der Waals surface area contributed by atoms with Crippen molar-refractivity contribution in [1.29, 1.82) is 0 Å². The van der Waals surface area contributed by atoms with Crippen molar-refractivity contribution >= 4 is 11.8 Å². The highest BCUT2D eigenvalue weighted by Gasteiger charge is 2.01. The number of aliphatic hydroxyl groups excluding tert-OH is 1. The molecular formula is C11H14NO4. The topological polar surface area (TPSA) is 67.8 Å². The summed E-state index contributed by atoms with van der Waals surface area (Å²) in [5.41, 5.74) is 0.628. The highest BCUT2D eigenvalue weighted by Crippen LogP contribution is 2.04. The number of amides is 1. The van der Waals surface area contributed by atoms with Gasteiger partial charge in [-0.1, -0.05) is 12.1 Å². The molecule has 0 aliphatic rings. The molecule has 0 aromatic heterocycles. The fraction of sp³-hybridized carbons (Fsp3) is 0.364. The van der Waals surface area contributed by atoms with E-state index >= 15 is 0 Å². The van der Waals surface area contributed by atoms with E-state index in [4.69, 9.17) is 14.6 Å². The Bertz CT molecular complexity index is 302. The van der Waals surface area contributed by atoms with E-state index in [9.17, 15) is 4.79 Å². The summed E-state index contributed by atoms with van der Waals surface area (Å²) in [6, 6.07) is 9.71. The number of hydrogen-bond donors (Lipinski definition) is 2. The van der Waals surface area contributed by atoms with Crippen LogP contribution in [0.5, 0.6) is 0 Å². The maximum atomic E-state index is 11.2. The molecule has 0 bridgehead atoms. The summed E-state index contributed by atoms with van der Waals surface area (Å²) >= 11 is 0. The number of aliphatic hydroxyl groups is 1. The molecule has 1 aromatic carbocycles. The molecule has 2 N–H and O–H groups in total. The van der Waals surface area contributed by atoms with Crippen LogP contribution in [0.1, 0.15) is 0 Å². The van der Waals surface area contributed by atoms with Gasteiger partial charge in [-0.2, -0.15) is 0 Å². The molecule has 0 unspecified atom stereocenters. The average molecular weight is 224 g/mol. The first-order valence-corrected chi connectivity index (χ1v) is 4.91. The highest BCUT2D eigenvalue weighted by atomic mass is 16.6. The van der Waals surface area contributed by atoms with Gasteiger partial charge in [-0.25, -0.2) is 4.79 Å². The summed E-state index contributed by atoms with van der Waals surface area (Å²) in [4.78, 5) is 11.2. The van der Waals surface area contributed by atoms with E-state index in [-0.39, 0.29) is 26.4 Å². The van der Waals surface area contributed by atoms with Crippen molar-refractivity contribution in [2.24, 2.45) is 0 Å². The third kappa shape index (κ3) is 5.33. The first-order valence-electron chi connectivity index (χ1n) is 4.91. The van der Waals surface area contributed by atoms with E-state index in [1.807, 2.05) is 0 Å². The van der Waals surface area contributed by atoms with Crippen LogP contribution in [-0.2, 0) is 9.47 Å². The standard InChI is InChI=1S/C11H14NO4/c13-6-7-15-8-9-16-11(14)12-10-4-2-1-3-5-10/h1-2,4-5,13H,6-9H2,(H,12,14). The summed E-state index contributed by atoms with van der Waals surface area (Å²) in [5.74, 6) is 0. The van der Waals surface area contributed by atoms with Gasteiger partial charge >= 0.3 is 6.09 Å². The zero-order valence-electron chi connectivity index (χ0n) is 8.81. The van der Waals surface area contributed by atoms with Gasteiger partial charge in [0, 0.05) is 5.69 Å². The minimum absolute atomic E-state index is 0.0357. The quantitative estimate of drug-likeness (QED) is 0.708. The summed E-state index contributed by atoms with van der Waals surface area (Å²) in [6.07, 6.45) is -0.535. The number of benzene rings is 1. The average Bonchev–Trinajstić information content (AvgIpc) is 2.30. The van der Waals surface area contributed by atoms with Crippen LogP contribution < -0.4 is 5.32 Å². The molecule has 0 saturated carbocycles. The van der Waals surface area contributed by atoms with Crippen LogP contribution >= 0.6 is 0 Å². The second-order valence-corrected chi connectivity index (χ2v) is 2.89. The van der Waals surface area contributed by atoms with Crippen LogP contribution in [0.15, 0.2) is 24.3 Å². The van der Waals surface area contributed by atoms with Crippen molar-refractivity contribution in [3.63, 3.8) is 0 Å². The molecule has 0 spiro atoms. The normalized spacial score (nSPS) is 9.81. The van der Waals surface area contributed by atoms with Gasteiger partial charge in [0.15, 0.2) is 0 Å². The molecule has 1 radical (unpaired) electrons. The van der Waals surface area contributed by atoms with E-state index in [0.717, 1.165) is 0 Å². The second-order valence-electron chi connectivity index (χ2n) is 2.89. The maximum absolute atomic E-state index is 11.2. The van der Waals surface area contributed by atoms with Gasteiger partial charge in [0.05, 0.1) is 19.8 Å². The molecule has 0 heterocycles. The van der Waals surface area contributed by atoms with Crippen molar-refractivity contribution in [2.75, 3.05) is 31.7 Å². The molecule has 1 amide bonds. The number of hydrogen-bond acceptors (Lipinski definition) is 4. The fourth-order valence-corrected chi connectivity index (χ4v) is 0.985. The Labute approximate surface area is 94.0 Å². The van der Waals surface area contributed by atoms with Crippen LogP contribution in [0.4, 0.5) is 10.5 Å². The van der Waals surface area contributed by atoms with Crippen molar-refractivity contribution < 1.29 is 19.4 Å². The lowest BCUT2D eigenvalue weighted by Gasteiger charge is -2.06. The molecule has 0 saturated heterocycles. The van der Waals surface area contributed by atoms with Crippen LogP contribution in [-0.4, -0.2) is 37.6 Å². The van der Waals surface area contributed by atoms with E-state index in [0.29, 0.717) is 5.69 Å². The van der Waals surface area contributed by atoms with E-state index < -0.39 is 6.09 Å². The lowest BCUT2D eigenvalue weighted by Crippen LogP contribution is -2.17. The van der Waals surface area contributed by atoms with Gasteiger partial charge in [-0.3, -0.25) is 5.32 Å². The Morgan fingerprint density at radius 1 is 1.44 bits per heavy atom. The Balaban J connectivity index is 2.12. The van der Waals surface area contributed by atoms with Crippen molar-refractivity contribution in [1.82, 2.24) is 0 Å². The predicted molar refractivity (Wildman–Crippen MR) is 58.2 cm³/mol. The van der Waals surface area contributed by atoms with E-state index in [2.05, 4.69) is 11.4 Å². The Morgan fingerprint density at radius 2 is 2.31 bits per heavy atom. The molecule has 0 aliphatic heterocycles. The molecule has 1 aromatic rings. The van der Waals surface area contributed by atoms with Gasteiger partial charge in [0.1, 0.15) is 6.61 Å². The number of nitrogens with one attached hydrogen (secondary N) is 1. The number of carbonyl (C=O) groups excluding carboxylic acids is 1. The molecule has 16 heavy (non-hydrogen) atoms. The van der Waals surface area contributed by atoms with Crippen molar-refractivity contribution in [2.45, 2.75) is 0 Å². The SMILES string of the molecule is O=C(Nc1c[c]ccc1)OCCOCCO. The van der Waals surface area contributed by atoms with Crippen LogP contribution in [0, 0.1) is 6.07 Å². The first-order chi connectivity index (χ1) is 7.83. The number of carbonyl (C=O) groups is 1. The van der Waals surface area contributed by atoms with E-state index in [1.165, 1.54) is 0 Å². The zero-order chi connectivity index (χ0) is 11.6. The number of ether oxygens (including phenoxy) is 2. The number of rotatable bonds is 6. The maximum Gasteiger partial charge on any atom is 0.411 e. The minimum atomic E-state index is -0.535. The van der Waals surface area contributed by atoms with Gasteiger partial charge in [0.2, 0.25) is 0 Å². The smallest absolute Gasteiger partial charge is 0.411 e. The molecular weight excluding hydrogens is 210 g/mol. The van der Waals surface area contributed by atoms with Crippen molar-refractivity contribution in [3.8, 4) is 0 Å². The fourth-order valence-electron chi connectivity index (χ4n) is 0.985. The highest BCUT2D eigenvalue weighted by molar-refractivity contribution is 5.84. The molecule has 5 heteroatoms. The summed E-state index contributed by atoms with van der Waals surface area (Å²) < 4.78 is 9.74. The van der Waals surface area contributed by atoms with Crippen molar-refractivity contribution in [3.05, 3.63) is 30.3 Å². The molecule has 0 fully saturated rings. The molecule has 87 valence electrons. The second kappa shape index (κ2) is 7.67. The summed E-state index contributed by atoms with van der Waals surface area (Å²) in [7, 11) is 0. The van der Waals surface area contributed by atoms with Crippen LogP contribution in [0.2, 0.25) is 0 Å². The Hall–Kier alpha value is -1.59. The van der Waals surface area contributed by atoms with Gasteiger partial charge < -0.3 is 14.6 Å². The summed E-state index contributed by atoms with van der Waals surface area (Å²) in [5, 5.41) is 11.0. The van der Waals surface area contributed by atoms with Gasteiger partial charge in [0.25, 0.3) is 0 Å². The first kappa shape index (κ1) is 12.5. The molecule has 0 atom stereocenters. The lowest BCUT2D eigenvalue weighted by atomic mass is 10.3. The summed E-state index contributed by atoms with van der Waals surface area (Å²) in [6.45, 7) is 0.641.